The summed E-state index contributed by atoms with van der Waals surface area (Å²) in [5.41, 5.74) is 0.420. The largest absolute Gasteiger partial charge is 0.388 e. The number of nitrogens with zero attached hydrogens (tertiary/aromatic N) is 4. The molecule has 0 aromatic carbocycles. The zero-order valence-corrected chi connectivity index (χ0v) is 19.2. The van der Waals surface area contributed by atoms with Crippen LogP contribution in [0.25, 0.3) is 11.0 Å². The third-order valence-electron chi connectivity index (χ3n) is 5.69. The lowest BCUT2D eigenvalue weighted by atomic mass is 10.2. The van der Waals surface area contributed by atoms with Crippen LogP contribution < -0.4 is 5.32 Å². The Morgan fingerprint density at radius 1 is 1.38 bits per heavy atom. The second-order valence-electron chi connectivity index (χ2n) is 8.08. The van der Waals surface area contributed by atoms with Gasteiger partial charge in [0.15, 0.2) is 17.7 Å². The van der Waals surface area contributed by atoms with Gasteiger partial charge in [-0.1, -0.05) is 12.8 Å². The van der Waals surface area contributed by atoms with Gasteiger partial charge >= 0.3 is 7.60 Å². The van der Waals surface area contributed by atoms with E-state index in [1.807, 2.05) is 0 Å². The van der Waals surface area contributed by atoms with Gasteiger partial charge in [-0.15, -0.1) is 0 Å². The Bertz CT molecular complexity index is 982. The first-order chi connectivity index (χ1) is 15.3. The molecule has 1 aliphatic carbocycles. The average molecular weight is 492 g/mol. The second kappa shape index (κ2) is 9.86. The van der Waals surface area contributed by atoms with E-state index in [0.717, 1.165) is 25.7 Å². The van der Waals surface area contributed by atoms with Gasteiger partial charge in [0.2, 0.25) is 5.28 Å². The highest BCUT2D eigenvalue weighted by atomic mass is 35.5. The molecular weight excluding hydrogens is 465 g/mol. The highest BCUT2D eigenvalue weighted by Crippen LogP contribution is 2.42. The fourth-order valence-electron chi connectivity index (χ4n) is 4.12. The maximum absolute atomic E-state index is 11.5. The predicted molar refractivity (Wildman–Crippen MR) is 114 cm³/mol. The lowest BCUT2D eigenvalue weighted by molar-refractivity contribution is -0.0763. The molecule has 4 atom stereocenters. The molecule has 4 rings (SSSR count). The van der Waals surface area contributed by atoms with Gasteiger partial charge < -0.3 is 34.4 Å². The molecule has 3 heterocycles. The van der Waals surface area contributed by atoms with Crippen LogP contribution in [-0.4, -0.2) is 79.1 Å². The van der Waals surface area contributed by atoms with Gasteiger partial charge in [0.25, 0.3) is 0 Å². The van der Waals surface area contributed by atoms with Crippen LogP contribution in [0, 0.1) is 0 Å². The van der Waals surface area contributed by atoms with Crippen LogP contribution in [0.15, 0.2) is 6.20 Å². The number of anilines is 1. The van der Waals surface area contributed by atoms with Crippen molar-refractivity contribution in [1.82, 2.24) is 19.7 Å². The molecule has 0 amide bonds. The molecule has 2 aliphatic rings. The van der Waals surface area contributed by atoms with E-state index in [4.69, 9.17) is 25.8 Å². The Labute approximate surface area is 189 Å². The Morgan fingerprint density at radius 2 is 2.12 bits per heavy atom. The highest BCUT2D eigenvalue weighted by molar-refractivity contribution is 7.52. The summed E-state index contributed by atoms with van der Waals surface area (Å²) in [6.45, 7) is -0.394. The van der Waals surface area contributed by atoms with E-state index in [-0.39, 0.29) is 24.9 Å². The molecular formula is C18H27ClN5O7P. The van der Waals surface area contributed by atoms with Crippen molar-refractivity contribution in [3.63, 3.8) is 0 Å². The molecule has 1 saturated carbocycles. The lowest BCUT2D eigenvalue weighted by Crippen LogP contribution is -2.25. The minimum Gasteiger partial charge on any atom is -0.388 e. The number of rotatable bonds is 9. The van der Waals surface area contributed by atoms with Crippen molar-refractivity contribution < 1.29 is 33.7 Å². The van der Waals surface area contributed by atoms with Gasteiger partial charge in [-0.05, 0) is 24.4 Å². The Hall–Kier alpha value is -1.37. The van der Waals surface area contributed by atoms with Crippen LogP contribution in [0.1, 0.15) is 38.3 Å². The van der Waals surface area contributed by atoms with Crippen LogP contribution in [0.2, 0.25) is 5.28 Å². The summed E-state index contributed by atoms with van der Waals surface area (Å²) < 4.78 is 29.0. The lowest BCUT2D eigenvalue weighted by Gasteiger charge is -2.20. The smallest absolute Gasteiger partial charge is 0.356 e. The van der Waals surface area contributed by atoms with Crippen molar-refractivity contribution in [3.05, 3.63) is 11.5 Å². The number of hydrogen-bond acceptors (Lipinski definition) is 9. The molecule has 2 fully saturated rings. The van der Waals surface area contributed by atoms with Gasteiger partial charge in [0.1, 0.15) is 11.9 Å². The third-order valence-corrected chi connectivity index (χ3v) is 6.91. The van der Waals surface area contributed by atoms with Crippen LogP contribution in [0.5, 0.6) is 0 Å². The van der Waals surface area contributed by atoms with Crippen LogP contribution in [0.3, 0.4) is 0 Å². The first-order valence-electron chi connectivity index (χ1n) is 10.4. The van der Waals surface area contributed by atoms with Gasteiger partial charge in [-0.3, -0.25) is 4.57 Å². The van der Waals surface area contributed by atoms with Crippen molar-refractivity contribution >= 4 is 36.0 Å². The number of fused-ring (bicyclic) bond motifs is 1. The van der Waals surface area contributed by atoms with E-state index in [1.165, 1.54) is 11.8 Å². The number of hydrogen-bond donors (Lipinski definition) is 4. The molecule has 1 unspecified atom stereocenters. The number of ether oxygens (including phenoxy) is 3. The van der Waals surface area contributed by atoms with E-state index in [2.05, 4.69) is 20.4 Å². The van der Waals surface area contributed by atoms with E-state index in [1.54, 1.807) is 6.20 Å². The summed E-state index contributed by atoms with van der Waals surface area (Å²) in [6, 6.07) is 0.316. The fourth-order valence-corrected chi connectivity index (χ4v) is 4.91. The first kappa shape index (κ1) is 23.8. The summed E-state index contributed by atoms with van der Waals surface area (Å²) in [5, 5.41) is 19.1. The summed E-state index contributed by atoms with van der Waals surface area (Å²) >= 11 is 6.15. The number of methoxy groups -OCH3 is 1. The van der Waals surface area contributed by atoms with Gasteiger partial charge in [0, 0.05) is 19.6 Å². The van der Waals surface area contributed by atoms with Crippen LogP contribution in [0.4, 0.5) is 5.82 Å². The molecule has 4 N–H and O–H groups in total. The maximum atomic E-state index is 11.5. The zero-order valence-electron chi connectivity index (χ0n) is 17.5. The number of aliphatic hydroxyl groups is 1. The molecule has 14 heteroatoms. The maximum Gasteiger partial charge on any atom is 0.356 e. The van der Waals surface area contributed by atoms with Crippen LogP contribution in [-0.2, 0) is 18.8 Å². The van der Waals surface area contributed by atoms with E-state index in [9.17, 15) is 19.5 Å². The summed E-state index contributed by atoms with van der Waals surface area (Å²) in [6.07, 6.45) is 3.85. The number of nitrogens with one attached hydrogen (secondary N) is 1. The molecule has 2 aromatic rings. The van der Waals surface area contributed by atoms with E-state index >= 15 is 0 Å². The van der Waals surface area contributed by atoms with E-state index in [0.29, 0.717) is 22.9 Å². The van der Waals surface area contributed by atoms with Gasteiger partial charge in [-0.2, -0.15) is 15.1 Å². The molecule has 2 aromatic heterocycles. The van der Waals surface area contributed by atoms with Crippen molar-refractivity contribution in [2.45, 2.75) is 62.4 Å². The quantitative estimate of drug-likeness (QED) is 0.298. The van der Waals surface area contributed by atoms with Crippen molar-refractivity contribution in [2.75, 3.05) is 25.6 Å². The monoisotopic (exact) mass is 491 g/mol. The molecule has 1 saturated heterocycles. The third kappa shape index (κ3) is 5.23. The molecule has 0 bridgehead atoms. The molecule has 1 aliphatic heterocycles. The summed E-state index contributed by atoms with van der Waals surface area (Å²) in [5.74, 6) is -0.817. The average Bonchev–Trinajstić information content (AvgIpc) is 3.44. The first-order valence-corrected chi connectivity index (χ1v) is 12.5. The Morgan fingerprint density at radius 3 is 2.81 bits per heavy atom. The Kier molecular flexibility index (Phi) is 7.33. The number of aromatic nitrogens is 4. The summed E-state index contributed by atoms with van der Waals surface area (Å²) in [7, 11) is -3.18. The van der Waals surface area contributed by atoms with Crippen molar-refractivity contribution in [1.29, 1.82) is 0 Å². The standard InChI is InChI=1S/C18H27ClN5O7P/c1-29-9-14(32(26,27)28)30-8-11-6-13(25)17(31-11)24-16-12(7-20-24)15(22-18(19)23-16)21-10-4-2-3-5-10/h7,10-11,13-14,17,25H,2-6,8-9H2,1H3,(H,21,22,23)(H2,26,27,28)/t11-,13+,14?,17+/m0/s1. The molecule has 178 valence electrons. The highest BCUT2D eigenvalue weighted by Gasteiger charge is 2.39. The topological polar surface area (TPSA) is 161 Å². The number of aliphatic hydroxyl groups excluding tert-OH is 1. The molecule has 12 nitrogen and oxygen atoms in total. The van der Waals surface area contributed by atoms with Crippen LogP contribution >= 0.6 is 19.2 Å². The second-order valence-corrected chi connectivity index (χ2v) is 10.2. The fraction of sp³-hybridized carbons (Fsp3) is 0.722. The predicted octanol–water partition coefficient (Wildman–Crippen LogP) is 1.65. The molecule has 0 spiro atoms. The SMILES string of the molecule is COCC(OC[C@@H]1C[C@@H](O)[C@H](n2ncc3c(NC4CCCC4)nc(Cl)nc32)O1)P(=O)(O)O. The summed E-state index contributed by atoms with van der Waals surface area (Å²) in [4.78, 5) is 27.3. The minimum absolute atomic E-state index is 0.0520. The molecule has 0 radical (unpaired) electrons. The number of halogens is 1. The van der Waals surface area contributed by atoms with Gasteiger partial charge in [-0.25, -0.2) is 4.68 Å². The zero-order chi connectivity index (χ0) is 22.9. The normalized spacial score (nSPS) is 25.6. The minimum atomic E-state index is -4.51. The van der Waals surface area contributed by atoms with E-state index < -0.39 is 31.9 Å². The van der Waals surface area contributed by atoms with Crippen molar-refractivity contribution in [3.8, 4) is 0 Å². The Balaban J connectivity index is 1.49. The van der Waals surface area contributed by atoms with Gasteiger partial charge in [0.05, 0.1) is 30.9 Å². The van der Waals surface area contributed by atoms with Crippen molar-refractivity contribution in [2.24, 2.45) is 0 Å². The molecule has 32 heavy (non-hydrogen) atoms.